The third-order valence-corrected chi connectivity index (χ3v) is 1.73. The first kappa shape index (κ1) is 9.05. The molecule has 0 saturated carbocycles. The van der Waals surface area contributed by atoms with E-state index in [1.165, 1.54) is 6.92 Å². The molecule has 1 unspecified atom stereocenters. The van der Waals surface area contributed by atoms with E-state index in [0.29, 0.717) is 6.20 Å². The maximum Gasteiger partial charge on any atom is 0.416 e. The Labute approximate surface area is 66.9 Å². The van der Waals surface area contributed by atoms with Crippen molar-refractivity contribution in [2.24, 2.45) is 16.5 Å². The molecule has 68 valence electrons. The molecule has 0 aromatic carbocycles. The van der Waals surface area contributed by atoms with Crippen molar-refractivity contribution < 1.29 is 13.2 Å². The first-order chi connectivity index (χ1) is 5.26. The fourth-order valence-electron chi connectivity index (χ4n) is 0.908. The van der Waals surface area contributed by atoms with Gasteiger partial charge < -0.3 is 11.5 Å². The molecule has 1 rings (SSSR count). The SMILES string of the molecule is CC1(N)C(C(F)(F)F)=CN=C1N. The molecule has 0 amide bonds. The Hall–Kier alpha value is -1.04. The molecule has 0 radical (unpaired) electrons. The van der Waals surface area contributed by atoms with Crippen LogP contribution < -0.4 is 11.5 Å². The standard InChI is InChI=1S/C6H8F3N3/c1-5(11)3(6(7,8)9)2-12-4(5)10/h2H,11H2,1H3,(H2,10,12). The number of amidine groups is 1. The molecule has 0 saturated heterocycles. The lowest BCUT2D eigenvalue weighted by molar-refractivity contribution is -0.0968. The predicted molar refractivity (Wildman–Crippen MR) is 38.4 cm³/mol. The molecule has 0 aromatic heterocycles. The van der Waals surface area contributed by atoms with Crippen LogP contribution in [0.4, 0.5) is 13.2 Å². The lowest BCUT2D eigenvalue weighted by atomic mass is 9.94. The van der Waals surface area contributed by atoms with E-state index in [-0.39, 0.29) is 5.84 Å². The minimum Gasteiger partial charge on any atom is -0.385 e. The summed E-state index contributed by atoms with van der Waals surface area (Å²) in [6.45, 7) is 1.18. The van der Waals surface area contributed by atoms with Gasteiger partial charge in [-0.3, -0.25) is 0 Å². The van der Waals surface area contributed by atoms with E-state index in [0.717, 1.165) is 0 Å². The van der Waals surface area contributed by atoms with Crippen molar-refractivity contribution in [3.05, 3.63) is 11.8 Å². The summed E-state index contributed by atoms with van der Waals surface area (Å²) in [4.78, 5) is 3.32. The van der Waals surface area contributed by atoms with Crippen LogP contribution in [0.15, 0.2) is 16.8 Å². The number of rotatable bonds is 0. The number of nitrogens with zero attached hydrogens (tertiary/aromatic N) is 1. The van der Waals surface area contributed by atoms with Gasteiger partial charge in [0.25, 0.3) is 0 Å². The first-order valence-electron chi connectivity index (χ1n) is 3.16. The van der Waals surface area contributed by atoms with Gasteiger partial charge in [-0.1, -0.05) is 0 Å². The summed E-state index contributed by atoms with van der Waals surface area (Å²) < 4.78 is 36.5. The third kappa shape index (κ3) is 1.18. The van der Waals surface area contributed by atoms with Gasteiger partial charge in [-0.2, -0.15) is 13.2 Å². The lowest BCUT2D eigenvalue weighted by Gasteiger charge is -2.23. The highest BCUT2D eigenvalue weighted by molar-refractivity contribution is 5.95. The second-order valence-electron chi connectivity index (χ2n) is 2.76. The minimum atomic E-state index is -4.46. The van der Waals surface area contributed by atoms with Gasteiger partial charge in [-0.25, -0.2) is 4.99 Å². The van der Waals surface area contributed by atoms with Crippen molar-refractivity contribution in [1.82, 2.24) is 0 Å². The Balaban J connectivity index is 3.02. The Morgan fingerprint density at radius 1 is 1.50 bits per heavy atom. The normalized spacial score (nSPS) is 30.1. The molecule has 1 aliphatic rings. The summed E-state index contributed by atoms with van der Waals surface area (Å²) >= 11 is 0. The highest BCUT2D eigenvalue weighted by Crippen LogP contribution is 2.35. The zero-order valence-electron chi connectivity index (χ0n) is 6.31. The van der Waals surface area contributed by atoms with Gasteiger partial charge in [0.2, 0.25) is 0 Å². The average Bonchev–Trinajstić information content (AvgIpc) is 2.06. The molecule has 0 aliphatic carbocycles. The fourth-order valence-corrected chi connectivity index (χ4v) is 0.908. The van der Waals surface area contributed by atoms with Gasteiger partial charge in [-0.15, -0.1) is 0 Å². The van der Waals surface area contributed by atoms with Gasteiger partial charge in [0, 0.05) is 6.20 Å². The largest absolute Gasteiger partial charge is 0.416 e. The molecule has 1 atom stereocenters. The molecular formula is C6H8F3N3. The zero-order chi connectivity index (χ0) is 9.57. The molecule has 1 aliphatic heterocycles. The van der Waals surface area contributed by atoms with E-state index in [1.54, 1.807) is 0 Å². The van der Waals surface area contributed by atoms with Crippen molar-refractivity contribution in [3.63, 3.8) is 0 Å². The van der Waals surface area contributed by atoms with E-state index in [9.17, 15) is 13.2 Å². The number of halogens is 3. The summed E-state index contributed by atoms with van der Waals surface area (Å²) in [7, 11) is 0. The zero-order valence-corrected chi connectivity index (χ0v) is 6.31. The van der Waals surface area contributed by atoms with E-state index in [4.69, 9.17) is 11.5 Å². The summed E-state index contributed by atoms with van der Waals surface area (Å²) in [5.41, 5.74) is 7.89. The Bertz CT molecular complexity index is 262. The van der Waals surface area contributed by atoms with Crippen molar-refractivity contribution in [2.75, 3.05) is 0 Å². The molecule has 4 N–H and O–H groups in total. The smallest absolute Gasteiger partial charge is 0.385 e. The van der Waals surface area contributed by atoms with E-state index < -0.39 is 17.3 Å². The molecule has 0 spiro atoms. The summed E-state index contributed by atoms with van der Waals surface area (Å²) in [6, 6.07) is 0. The molecule has 0 aromatic rings. The highest BCUT2D eigenvalue weighted by atomic mass is 19.4. The monoisotopic (exact) mass is 179 g/mol. The Morgan fingerprint density at radius 2 is 2.00 bits per heavy atom. The van der Waals surface area contributed by atoms with Crippen molar-refractivity contribution >= 4 is 5.84 Å². The Kier molecular flexibility index (Phi) is 1.68. The van der Waals surface area contributed by atoms with Crippen LogP contribution in [0.2, 0.25) is 0 Å². The summed E-state index contributed by atoms with van der Waals surface area (Å²) in [5, 5.41) is 0. The molecular weight excluding hydrogens is 171 g/mol. The molecule has 3 nitrogen and oxygen atoms in total. The van der Waals surface area contributed by atoms with Gasteiger partial charge in [-0.05, 0) is 6.92 Å². The van der Waals surface area contributed by atoms with Crippen molar-refractivity contribution in [1.29, 1.82) is 0 Å². The fraction of sp³-hybridized carbons (Fsp3) is 0.500. The van der Waals surface area contributed by atoms with Crippen molar-refractivity contribution in [3.8, 4) is 0 Å². The van der Waals surface area contributed by atoms with Gasteiger partial charge in [0.05, 0.1) is 5.57 Å². The van der Waals surface area contributed by atoms with Crippen LogP contribution in [0.1, 0.15) is 6.92 Å². The molecule has 12 heavy (non-hydrogen) atoms. The predicted octanol–water partition coefficient (Wildman–Crippen LogP) is 0.521. The Morgan fingerprint density at radius 3 is 2.17 bits per heavy atom. The molecule has 1 heterocycles. The second-order valence-corrected chi connectivity index (χ2v) is 2.76. The number of hydrogen-bond donors (Lipinski definition) is 2. The van der Waals surface area contributed by atoms with Gasteiger partial charge in [0.15, 0.2) is 0 Å². The van der Waals surface area contributed by atoms with Crippen LogP contribution in [0.25, 0.3) is 0 Å². The minimum absolute atomic E-state index is 0.213. The summed E-state index contributed by atoms with van der Waals surface area (Å²) in [6.07, 6.45) is -3.80. The maximum atomic E-state index is 12.2. The molecule has 6 heteroatoms. The highest BCUT2D eigenvalue weighted by Gasteiger charge is 2.48. The van der Waals surface area contributed by atoms with Crippen LogP contribution in [-0.4, -0.2) is 17.6 Å². The van der Waals surface area contributed by atoms with Crippen LogP contribution in [-0.2, 0) is 0 Å². The van der Waals surface area contributed by atoms with E-state index in [1.807, 2.05) is 0 Å². The van der Waals surface area contributed by atoms with Gasteiger partial charge in [0.1, 0.15) is 11.4 Å². The quantitative estimate of drug-likeness (QED) is 0.569. The van der Waals surface area contributed by atoms with Crippen molar-refractivity contribution in [2.45, 2.75) is 18.6 Å². The topological polar surface area (TPSA) is 64.4 Å². The van der Waals surface area contributed by atoms with Crippen LogP contribution in [0.3, 0.4) is 0 Å². The lowest BCUT2D eigenvalue weighted by Crippen LogP contribution is -2.51. The van der Waals surface area contributed by atoms with Crippen LogP contribution in [0.5, 0.6) is 0 Å². The van der Waals surface area contributed by atoms with Crippen LogP contribution >= 0.6 is 0 Å². The number of aliphatic imine (C=N–C) groups is 1. The van der Waals surface area contributed by atoms with E-state index in [2.05, 4.69) is 4.99 Å². The van der Waals surface area contributed by atoms with Gasteiger partial charge >= 0.3 is 6.18 Å². The maximum absolute atomic E-state index is 12.2. The molecule has 0 bridgehead atoms. The molecule has 0 fully saturated rings. The third-order valence-electron chi connectivity index (χ3n) is 1.73. The average molecular weight is 179 g/mol. The summed E-state index contributed by atoms with van der Waals surface area (Å²) in [5.74, 6) is -0.213. The number of alkyl halides is 3. The first-order valence-corrected chi connectivity index (χ1v) is 3.16. The number of hydrogen-bond acceptors (Lipinski definition) is 3. The van der Waals surface area contributed by atoms with Crippen LogP contribution in [0, 0.1) is 0 Å². The number of nitrogens with two attached hydrogens (primary N) is 2. The van der Waals surface area contributed by atoms with E-state index >= 15 is 0 Å². The second kappa shape index (κ2) is 2.22.